The van der Waals surface area contributed by atoms with Gasteiger partial charge < -0.3 is 9.67 Å². The van der Waals surface area contributed by atoms with E-state index in [1.165, 1.54) is 24.8 Å². The molecule has 1 N–H and O–H groups in total. The van der Waals surface area contributed by atoms with Gasteiger partial charge in [0.15, 0.2) is 0 Å². The highest BCUT2D eigenvalue weighted by Gasteiger charge is 2.23. The Morgan fingerprint density at radius 1 is 0.786 bits per heavy atom. The Balaban J connectivity index is 1.36. The summed E-state index contributed by atoms with van der Waals surface area (Å²) in [5, 5.41) is 11.0. The second-order valence-electron chi connectivity index (χ2n) is 11.2. The summed E-state index contributed by atoms with van der Waals surface area (Å²) in [6, 6.07) is 30.2. The smallest absolute Gasteiger partial charge is 0.335 e. The van der Waals surface area contributed by atoms with E-state index in [1.807, 2.05) is 42.5 Å². The SMILES string of the molecule is O=C(O)c1ccc2c(c1)nc(-c1cccc(CN(Cc3cccc(Cl)c3)Cc3cccc(Cl)c3)c1)n2C1CCCCC1. The van der Waals surface area contributed by atoms with Gasteiger partial charge in [-0.15, -0.1) is 0 Å². The van der Waals surface area contributed by atoms with Crippen LogP contribution < -0.4 is 0 Å². The summed E-state index contributed by atoms with van der Waals surface area (Å²) in [5.41, 5.74) is 6.48. The molecule has 1 aliphatic carbocycles. The van der Waals surface area contributed by atoms with Crippen LogP contribution in [-0.2, 0) is 19.6 Å². The monoisotopic (exact) mass is 597 g/mol. The number of imidazole rings is 1. The second-order valence-corrected chi connectivity index (χ2v) is 12.1. The van der Waals surface area contributed by atoms with Crippen molar-refractivity contribution in [3.05, 3.63) is 123 Å². The van der Waals surface area contributed by atoms with E-state index in [9.17, 15) is 9.90 Å². The quantitative estimate of drug-likeness (QED) is 0.184. The van der Waals surface area contributed by atoms with Gasteiger partial charge in [0, 0.05) is 41.3 Å². The summed E-state index contributed by atoms with van der Waals surface area (Å²) in [6.07, 6.45) is 5.85. The lowest BCUT2D eigenvalue weighted by molar-refractivity contribution is 0.0697. The molecule has 0 aliphatic heterocycles. The molecule has 1 heterocycles. The summed E-state index contributed by atoms with van der Waals surface area (Å²) < 4.78 is 2.36. The van der Waals surface area contributed by atoms with Gasteiger partial charge in [0.2, 0.25) is 0 Å². The maximum atomic E-state index is 11.7. The normalized spacial score (nSPS) is 14.1. The van der Waals surface area contributed by atoms with E-state index in [1.54, 1.807) is 12.1 Å². The van der Waals surface area contributed by atoms with Crippen LogP contribution in [0.25, 0.3) is 22.4 Å². The number of carboxylic acids is 1. The lowest BCUT2D eigenvalue weighted by Crippen LogP contribution is -2.22. The minimum absolute atomic E-state index is 0.258. The van der Waals surface area contributed by atoms with Crippen molar-refractivity contribution >= 4 is 40.2 Å². The largest absolute Gasteiger partial charge is 0.478 e. The van der Waals surface area contributed by atoms with Crippen LogP contribution in [0.1, 0.15) is 65.2 Å². The van der Waals surface area contributed by atoms with E-state index in [4.69, 9.17) is 28.2 Å². The predicted molar refractivity (Wildman–Crippen MR) is 170 cm³/mol. The molecule has 5 nitrogen and oxygen atoms in total. The Hall–Kier alpha value is -3.64. The van der Waals surface area contributed by atoms with Gasteiger partial charge in [-0.1, -0.05) is 84.9 Å². The molecule has 0 atom stereocenters. The topological polar surface area (TPSA) is 58.4 Å². The van der Waals surface area contributed by atoms with Crippen molar-refractivity contribution in [3.8, 4) is 11.4 Å². The van der Waals surface area contributed by atoms with Gasteiger partial charge >= 0.3 is 5.97 Å². The van der Waals surface area contributed by atoms with Crippen molar-refractivity contribution in [2.24, 2.45) is 0 Å². The number of aromatic nitrogens is 2. The van der Waals surface area contributed by atoms with Crippen molar-refractivity contribution in [3.63, 3.8) is 0 Å². The third-order valence-electron chi connectivity index (χ3n) is 8.06. The van der Waals surface area contributed by atoms with Gasteiger partial charge in [0.25, 0.3) is 0 Å². The van der Waals surface area contributed by atoms with Crippen molar-refractivity contribution < 1.29 is 9.90 Å². The fraction of sp³-hybridized carbons (Fsp3) is 0.257. The van der Waals surface area contributed by atoms with Gasteiger partial charge in [-0.25, -0.2) is 9.78 Å². The molecule has 1 aliphatic rings. The van der Waals surface area contributed by atoms with Crippen molar-refractivity contribution in [1.82, 2.24) is 14.5 Å². The molecule has 6 rings (SSSR count). The first-order valence-corrected chi connectivity index (χ1v) is 15.2. The summed E-state index contributed by atoms with van der Waals surface area (Å²) in [5.74, 6) is -0.0373. The summed E-state index contributed by atoms with van der Waals surface area (Å²) in [7, 11) is 0. The maximum absolute atomic E-state index is 11.7. The number of nitrogens with zero attached hydrogens (tertiary/aromatic N) is 3. The standard InChI is InChI=1S/C35H33Cl2N3O2/c36-29-11-5-8-25(18-29)22-39(23-26-9-6-12-30(37)19-26)21-24-7-4-10-27(17-24)34-38-32-20-28(35(41)42)15-16-33(32)40(34)31-13-2-1-3-14-31/h4-12,15-20,31H,1-3,13-14,21-23H2,(H,41,42). The number of carbonyl (C=O) groups is 1. The van der Waals surface area contributed by atoms with Gasteiger partial charge in [-0.05, 0) is 78.1 Å². The van der Waals surface area contributed by atoms with E-state index < -0.39 is 5.97 Å². The van der Waals surface area contributed by atoms with Gasteiger partial charge in [0.1, 0.15) is 5.82 Å². The average Bonchev–Trinajstić information content (AvgIpc) is 3.37. The number of rotatable bonds is 9. The molecule has 0 radical (unpaired) electrons. The lowest BCUT2D eigenvalue weighted by atomic mass is 9.94. The highest BCUT2D eigenvalue weighted by molar-refractivity contribution is 6.30. The first-order chi connectivity index (χ1) is 20.4. The first-order valence-electron chi connectivity index (χ1n) is 14.5. The highest BCUT2D eigenvalue weighted by Crippen LogP contribution is 2.36. The van der Waals surface area contributed by atoms with E-state index in [0.717, 1.165) is 76.1 Å². The Morgan fingerprint density at radius 2 is 1.38 bits per heavy atom. The zero-order valence-electron chi connectivity index (χ0n) is 23.3. The molecule has 0 amide bonds. The number of hydrogen-bond acceptors (Lipinski definition) is 3. The molecule has 0 saturated heterocycles. The van der Waals surface area contributed by atoms with Crippen LogP contribution in [-0.4, -0.2) is 25.5 Å². The van der Waals surface area contributed by atoms with Crippen molar-refractivity contribution in [2.45, 2.75) is 57.8 Å². The third-order valence-corrected chi connectivity index (χ3v) is 8.53. The van der Waals surface area contributed by atoms with Gasteiger partial charge in [-0.3, -0.25) is 4.90 Å². The van der Waals surface area contributed by atoms with E-state index >= 15 is 0 Å². The van der Waals surface area contributed by atoms with E-state index in [-0.39, 0.29) is 5.56 Å². The van der Waals surface area contributed by atoms with Crippen LogP contribution in [0, 0.1) is 0 Å². The molecule has 1 saturated carbocycles. The molecule has 0 spiro atoms. The molecular formula is C35H33Cl2N3O2. The number of benzene rings is 4. The Bertz CT molecular complexity index is 1680. The Kier molecular flexibility index (Phi) is 8.61. The Labute approximate surface area is 256 Å². The molecule has 0 bridgehead atoms. The average molecular weight is 599 g/mol. The van der Waals surface area contributed by atoms with Crippen LogP contribution in [0.15, 0.2) is 91.0 Å². The fourth-order valence-electron chi connectivity index (χ4n) is 6.17. The summed E-state index contributed by atoms with van der Waals surface area (Å²) >= 11 is 12.6. The maximum Gasteiger partial charge on any atom is 0.335 e. The predicted octanol–water partition coefficient (Wildman–Crippen LogP) is 9.42. The number of aromatic carboxylic acids is 1. The molecule has 1 aromatic heterocycles. The zero-order chi connectivity index (χ0) is 29.1. The highest BCUT2D eigenvalue weighted by atomic mass is 35.5. The van der Waals surface area contributed by atoms with E-state index in [2.05, 4.69) is 45.9 Å². The molecule has 42 heavy (non-hydrogen) atoms. The minimum Gasteiger partial charge on any atom is -0.478 e. The molecule has 214 valence electrons. The van der Waals surface area contributed by atoms with Crippen LogP contribution in [0.3, 0.4) is 0 Å². The van der Waals surface area contributed by atoms with Crippen LogP contribution >= 0.6 is 23.2 Å². The summed E-state index contributed by atoms with van der Waals surface area (Å²) in [4.78, 5) is 19.1. The Morgan fingerprint density at radius 3 is 1.98 bits per heavy atom. The van der Waals surface area contributed by atoms with Gasteiger partial charge in [0.05, 0.1) is 16.6 Å². The summed E-state index contributed by atoms with van der Waals surface area (Å²) in [6.45, 7) is 2.19. The molecular weight excluding hydrogens is 565 g/mol. The first kappa shape index (κ1) is 28.5. The third kappa shape index (κ3) is 6.54. The number of halogens is 2. The van der Waals surface area contributed by atoms with Crippen molar-refractivity contribution in [2.75, 3.05) is 0 Å². The fourth-order valence-corrected chi connectivity index (χ4v) is 6.59. The van der Waals surface area contributed by atoms with Crippen LogP contribution in [0.4, 0.5) is 0 Å². The van der Waals surface area contributed by atoms with Gasteiger partial charge in [-0.2, -0.15) is 0 Å². The number of fused-ring (bicyclic) bond motifs is 1. The molecule has 0 unspecified atom stereocenters. The second kappa shape index (κ2) is 12.7. The van der Waals surface area contributed by atoms with Crippen molar-refractivity contribution in [1.29, 1.82) is 0 Å². The van der Waals surface area contributed by atoms with Crippen LogP contribution in [0.5, 0.6) is 0 Å². The molecule has 4 aromatic carbocycles. The number of hydrogen-bond donors (Lipinski definition) is 1. The van der Waals surface area contributed by atoms with Crippen LogP contribution in [0.2, 0.25) is 10.0 Å². The molecule has 5 aromatic rings. The molecule has 1 fully saturated rings. The molecule has 7 heteroatoms. The lowest BCUT2D eigenvalue weighted by Gasteiger charge is -2.26. The van der Waals surface area contributed by atoms with E-state index in [0.29, 0.717) is 6.04 Å². The minimum atomic E-state index is -0.938. The number of carboxylic acid groups (broad SMARTS) is 1. The zero-order valence-corrected chi connectivity index (χ0v) is 24.9.